The number of hydrogen-bond acceptors (Lipinski definition) is 5. The van der Waals surface area contributed by atoms with Gasteiger partial charge >= 0.3 is 6.01 Å². The second kappa shape index (κ2) is 5.47. The van der Waals surface area contributed by atoms with Crippen LogP contribution in [0.4, 0.5) is 6.01 Å². The van der Waals surface area contributed by atoms with Gasteiger partial charge in [0, 0.05) is 38.3 Å². The first-order chi connectivity index (χ1) is 10.8. The Labute approximate surface area is 128 Å². The Balaban J connectivity index is 1.42. The van der Waals surface area contributed by atoms with Gasteiger partial charge in [-0.2, -0.15) is 4.98 Å². The van der Waals surface area contributed by atoms with Crippen LogP contribution >= 0.6 is 0 Å². The van der Waals surface area contributed by atoms with Gasteiger partial charge in [-0.3, -0.25) is 4.79 Å². The van der Waals surface area contributed by atoms with Crippen molar-refractivity contribution in [1.29, 1.82) is 0 Å². The third-order valence-electron chi connectivity index (χ3n) is 4.26. The maximum atomic E-state index is 12.4. The Bertz CT molecular complexity index is 647. The number of carbonyl (C=O) groups excluding carboxylic acids is 1. The molecule has 0 spiro atoms. The Morgan fingerprint density at radius 2 is 2.18 bits per heavy atom. The van der Waals surface area contributed by atoms with Crippen molar-refractivity contribution in [3.05, 3.63) is 29.8 Å². The van der Waals surface area contributed by atoms with E-state index in [1.165, 1.54) is 0 Å². The van der Waals surface area contributed by atoms with Gasteiger partial charge in [0.25, 0.3) is 5.91 Å². The van der Waals surface area contributed by atoms with E-state index in [2.05, 4.69) is 20.0 Å². The molecule has 1 aliphatic carbocycles. The maximum Gasteiger partial charge on any atom is 0.324 e. The molecule has 2 fully saturated rings. The number of carbonyl (C=O) groups is 1. The average molecular weight is 301 g/mol. The molecule has 1 N–H and O–H groups in total. The second-order valence-electron chi connectivity index (χ2n) is 5.93. The van der Waals surface area contributed by atoms with Gasteiger partial charge < -0.3 is 19.3 Å². The summed E-state index contributed by atoms with van der Waals surface area (Å²) < 4.78 is 5.38. The average Bonchev–Trinajstić information content (AvgIpc) is 3.11. The first kappa shape index (κ1) is 13.4. The minimum Gasteiger partial charge on any atom is -0.357 e. The van der Waals surface area contributed by atoms with Crippen molar-refractivity contribution in [2.45, 2.75) is 25.2 Å². The van der Waals surface area contributed by atoms with E-state index in [1.807, 2.05) is 17.0 Å². The Morgan fingerprint density at radius 3 is 2.95 bits per heavy atom. The molecule has 0 atom stereocenters. The summed E-state index contributed by atoms with van der Waals surface area (Å²) in [6.07, 6.45) is 5.00. The number of H-pyrrole nitrogens is 1. The predicted molar refractivity (Wildman–Crippen MR) is 79.8 cm³/mol. The summed E-state index contributed by atoms with van der Waals surface area (Å²) in [6.45, 7) is 2.97. The van der Waals surface area contributed by atoms with Crippen LogP contribution in [-0.4, -0.2) is 52.1 Å². The fourth-order valence-corrected chi connectivity index (χ4v) is 2.81. The van der Waals surface area contributed by atoms with Crippen molar-refractivity contribution in [2.75, 3.05) is 31.1 Å². The minimum atomic E-state index is 0.0519. The molecule has 22 heavy (non-hydrogen) atoms. The predicted octanol–water partition coefficient (Wildman–Crippen LogP) is 1.63. The van der Waals surface area contributed by atoms with Crippen LogP contribution in [0, 0.1) is 0 Å². The van der Waals surface area contributed by atoms with Gasteiger partial charge in [0.1, 0.15) is 5.69 Å². The molecular weight excluding hydrogens is 282 g/mol. The van der Waals surface area contributed by atoms with Gasteiger partial charge in [-0.05, 0) is 31.4 Å². The van der Waals surface area contributed by atoms with E-state index in [-0.39, 0.29) is 5.91 Å². The van der Waals surface area contributed by atoms with Crippen molar-refractivity contribution in [3.8, 4) is 0 Å². The van der Waals surface area contributed by atoms with Crippen molar-refractivity contribution >= 4 is 11.9 Å². The molecule has 0 bridgehead atoms. The third kappa shape index (κ3) is 2.58. The lowest BCUT2D eigenvalue weighted by Gasteiger charge is -2.20. The zero-order valence-electron chi connectivity index (χ0n) is 12.4. The van der Waals surface area contributed by atoms with E-state index >= 15 is 0 Å². The van der Waals surface area contributed by atoms with Crippen molar-refractivity contribution < 1.29 is 9.32 Å². The summed E-state index contributed by atoms with van der Waals surface area (Å²) in [5.74, 6) is 1.38. The summed E-state index contributed by atoms with van der Waals surface area (Å²) in [4.78, 5) is 23.8. The topological polar surface area (TPSA) is 78.3 Å². The van der Waals surface area contributed by atoms with Crippen LogP contribution in [0.15, 0.2) is 22.9 Å². The number of hydrogen-bond donors (Lipinski definition) is 1. The number of amides is 1. The van der Waals surface area contributed by atoms with Gasteiger partial charge in [-0.1, -0.05) is 5.16 Å². The zero-order valence-corrected chi connectivity index (χ0v) is 12.4. The summed E-state index contributed by atoms with van der Waals surface area (Å²) in [7, 11) is 0. The molecule has 1 saturated carbocycles. The SMILES string of the molecule is O=C(c1ccc[nH]1)N1CCCN(c2nc(C3CC3)no2)CC1. The van der Waals surface area contributed by atoms with Crippen LogP contribution < -0.4 is 4.90 Å². The van der Waals surface area contributed by atoms with Crippen molar-refractivity contribution in [1.82, 2.24) is 20.0 Å². The molecule has 1 aliphatic heterocycles. The van der Waals surface area contributed by atoms with E-state index in [1.54, 1.807) is 6.20 Å². The third-order valence-corrected chi connectivity index (χ3v) is 4.26. The normalized spacial score (nSPS) is 19.3. The fraction of sp³-hybridized carbons (Fsp3) is 0.533. The van der Waals surface area contributed by atoms with Crippen LogP contribution in [0.25, 0.3) is 0 Å². The number of anilines is 1. The van der Waals surface area contributed by atoms with Crippen LogP contribution in [0.3, 0.4) is 0 Å². The fourth-order valence-electron chi connectivity index (χ4n) is 2.81. The van der Waals surface area contributed by atoms with Crippen LogP contribution in [-0.2, 0) is 0 Å². The lowest BCUT2D eigenvalue weighted by molar-refractivity contribution is 0.0761. The molecular formula is C15H19N5O2. The van der Waals surface area contributed by atoms with E-state index < -0.39 is 0 Å². The first-order valence-electron chi connectivity index (χ1n) is 7.82. The molecule has 2 aromatic heterocycles. The number of rotatable bonds is 3. The molecule has 0 aromatic carbocycles. The Kier molecular flexibility index (Phi) is 3.32. The highest BCUT2D eigenvalue weighted by Gasteiger charge is 2.30. The molecule has 7 heteroatoms. The van der Waals surface area contributed by atoms with Gasteiger partial charge in [0.15, 0.2) is 5.82 Å². The molecule has 2 aliphatic rings. The summed E-state index contributed by atoms with van der Waals surface area (Å²) in [5.41, 5.74) is 0.641. The minimum absolute atomic E-state index is 0.0519. The molecule has 2 aromatic rings. The zero-order chi connectivity index (χ0) is 14.9. The highest BCUT2D eigenvalue weighted by atomic mass is 16.5. The standard InChI is InChI=1S/C15H19N5O2/c21-14(12-3-1-6-16-12)19-7-2-8-20(10-9-19)15-17-13(18-22-15)11-4-5-11/h1,3,6,11,16H,2,4-5,7-10H2. The molecule has 4 rings (SSSR count). The molecule has 0 radical (unpaired) electrons. The van der Waals surface area contributed by atoms with E-state index in [4.69, 9.17) is 4.52 Å². The van der Waals surface area contributed by atoms with E-state index in [0.717, 1.165) is 44.7 Å². The number of aromatic nitrogens is 3. The number of nitrogens with one attached hydrogen (secondary N) is 1. The van der Waals surface area contributed by atoms with Crippen LogP contribution in [0.5, 0.6) is 0 Å². The number of nitrogens with zero attached hydrogens (tertiary/aromatic N) is 4. The van der Waals surface area contributed by atoms with Crippen LogP contribution in [0.1, 0.15) is 41.5 Å². The molecule has 0 unspecified atom stereocenters. The molecule has 1 saturated heterocycles. The highest BCUT2D eigenvalue weighted by Crippen LogP contribution is 2.38. The van der Waals surface area contributed by atoms with Gasteiger partial charge in [-0.25, -0.2) is 0 Å². The smallest absolute Gasteiger partial charge is 0.324 e. The molecule has 1 amide bonds. The highest BCUT2D eigenvalue weighted by molar-refractivity contribution is 5.92. The van der Waals surface area contributed by atoms with Gasteiger partial charge in [0.05, 0.1) is 0 Å². The van der Waals surface area contributed by atoms with Gasteiger partial charge in [0.2, 0.25) is 0 Å². The monoisotopic (exact) mass is 301 g/mol. The Morgan fingerprint density at radius 1 is 1.27 bits per heavy atom. The van der Waals surface area contributed by atoms with Crippen molar-refractivity contribution in [3.63, 3.8) is 0 Å². The lowest BCUT2D eigenvalue weighted by Crippen LogP contribution is -2.35. The molecule has 116 valence electrons. The van der Waals surface area contributed by atoms with Crippen LogP contribution in [0.2, 0.25) is 0 Å². The first-order valence-corrected chi connectivity index (χ1v) is 7.82. The molecule has 7 nitrogen and oxygen atoms in total. The molecule has 3 heterocycles. The lowest BCUT2D eigenvalue weighted by atomic mass is 10.3. The maximum absolute atomic E-state index is 12.4. The summed E-state index contributed by atoms with van der Waals surface area (Å²) >= 11 is 0. The number of aromatic amines is 1. The van der Waals surface area contributed by atoms with E-state index in [9.17, 15) is 4.79 Å². The quantitative estimate of drug-likeness (QED) is 0.932. The van der Waals surface area contributed by atoms with Gasteiger partial charge in [-0.15, -0.1) is 0 Å². The van der Waals surface area contributed by atoms with E-state index in [0.29, 0.717) is 24.2 Å². The summed E-state index contributed by atoms with van der Waals surface area (Å²) in [5, 5.41) is 4.07. The second-order valence-corrected chi connectivity index (χ2v) is 5.93. The summed E-state index contributed by atoms with van der Waals surface area (Å²) in [6, 6.07) is 4.25. The largest absolute Gasteiger partial charge is 0.357 e. The van der Waals surface area contributed by atoms with Crippen molar-refractivity contribution in [2.24, 2.45) is 0 Å². The Hall–Kier alpha value is -2.31.